The van der Waals surface area contributed by atoms with E-state index in [1.54, 1.807) is 7.05 Å². The minimum atomic E-state index is -5.61. The third-order valence-corrected chi connectivity index (χ3v) is 7.23. The van der Waals surface area contributed by atoms with Gasteiger partial charge in [-0.3, -0.25) is 18.5 Å². The van der Waals surface area contributed by atoms with Crippen molar-refractivity contribution < 1.29 is 46.4 Å². The van der Waals surface area contributed by atoms with Crippen LogP contribution in [0.4, 0.5) is 0 Å². The highest BCUT2D eigenvalue weighted by molar-refractivity contribution is 7.66. The van der Waals surface area contributed by atoms with Crippen molar-refractivity contribution in [2.75, 3.05) is 6.61 Å². The predicted molar refractivity (Wildman–Crippen MR) is 94.6 cm³/mol. The Morgan fingerprint density at radius 1 is 1.03 bits per heavy atom. The molecular formula is C10H17N4O12P3. The minimum Gasteiger partial charge on any atom is -0.328 e. The van der Waals surface area contributed by atoms with Crippen molar-refractivity contribution in [1.29, 1.82) is 0 Å². The van der Waals surface area contributed by atoms with E-state index >= 15 is 0 Å². The average molecular weight is 478 g/mol. The molecule has 0 radical (unpaired) electrons. The molecule has 0 aliphatic heterocycles. The molecule has 16 nitrogen and oxygen atoms in total. The van der Waals surface area contributed by atoms with Crippen molar-refractivity contribution in [1.82, 2.24) is 18.7 Å². The maximum atomic E-state index is 12.5. The molecule has 0 bridgehead atoms. The molecule has 19 heteroatoms. The summed E-state index contributed by atoms with van der Waals surface area (Å²) in [6.07, 6.45) is 1.17. The van der Waals surface area contributed by atoms with E-state index in [2.05, 4.69) is 18.1 Å². The first kappa shape index (κ1) is 23.8. The Kier molecular flexibility index (Phi) is 6.87. The van der Waals surface area contributed by atoms with Crippen LogP contribution in [0.3, 0.4) is 0 Å². The number of aromatic nitrogens is 4. The smallest absolute Gasteiger partial charge is 0.328 e. The quantitative estimate of drug-likeness (QED) is 0.255. The van der Waals surface area contributed by atoms with Gasteiger partial charge in [-0.2, -0.15) is 8.62 Å². The number of aryl methyl sites for hydroxylation is 2. The molecule has 0 aliphatic carbocycles. The molecule has 2 unspecified atom stereocenters. The fourth-order valence-corrected chi connectivity index (χ4v) is 5.35. The molecule has 29 heavy (non-hydrogen) atoms. The maximum absolute atomic E-state index is 12.5. The Morgan fingerprint density at radius 3 is 2.24 bits per heavy atom. The minimum absolute atomic E-state index is 0.153. The lowest BCUT2D eigenvalue weighted by atomic mass is 10.4. The summed E-state index contributed by atoms with van der Waals surface area (Å²) in [7, 11) is -13.4. The number of rotatable bonds is 9. The van der Waals surface area contributed by atoms with Crippen molar-refractivity contribution in [2.45, 2.75) is 13.0 Å². The molecule has 0 amide bonds. The van der Waals surface area contributed by atoms with Gasteiger partial charge in [0.25, 0.3) is 5.56 Å². The molecule has 2 rings (SSSR count). The van der Waals surface area contributed by atoms with Crippen molar-refractivity contribution in [3.63, 3.8) is 0 Å². The highest BCUT2D eigenvalue weighted by atomic mass is 31.3. The van der Waals surface area contributed by atoms with Crippen LogP contribution >= 0.6 is 23.5 Å². The lowest BCUT2D eigenvalue weighted by Gasteiger charge is -2.16. The third kappa shape index (κ3) is 6.03. The lowest BCUT2D eigenvalue weighted by molar-refractivity contribution is 0.169. The van der Waals surface area contributed by atoms with Crippen LogP contribution in [-0.2, 0) is 47.5 Å². The van der Waals surface area contributed by atoms with Crippen LogP contribution in [0.15, 0.2) is 15.9 Å². The third-order valence-electron chi connectivity index (χ3n) is 3.40. The molecule has 0 spiro atoms. The van der Waals surface area contributed by atoms with Crippen LogP contribution in [0.1, 0.15) is 6.42 Å². The Morgan fingerprint density at radius 2 is 1.66 bits per heavy atom. The molecular weight excluding hydrogens is 461 g/mol. The second-order valence-corrected chi connectivity index (χ2v) is 10.0. The Labute approximate surface area is 161 Å². The Balaban J connectivity index is 2.06. The number of phosphoric ester groups is 1. The van der Waals surface area contributed by atoms with Gasteiger partial charge in [-0.25, -0.2) is 23.5 Å². The lowest BCUT2D eigenvalue weighted by Crippen LogP contribution is -2.39. The van der Waals surface area contributed by atoms with E-state index in [-0.39, 0.29) is 24.1 Å². The summed E-state index contributed by atoms with van der Waals surface area (Å²) in [6, 6.07) is 0. The summed E-state index contributed by atoms with van der Waals surface area (Å²) in [5.74, 6) is 0. The molecule has 4 N–H and O–H groups in total. The van der Waals surface area contributed by atoms with Gasteiger partial charge in [0.1, 0.15) is 0 Å². The van der Waals surface area contributed by atoms with Gasteiger partial charge in [0, 0.05) is 20.6 Å². The van der Waals surface area contributed by atoms with Crippen LogP contribution in [-0.4, -0.2) is 44.9 Å². The van der Waals surface area contributed by atoms with Crippen LogP contribution in [0.2, 0.25) is 0 Å². The second kappa shape index (κ2) is 8.36. The molecule has 2 aromatic heterocycles. The van der Waals surface area contributed by atoms with Gasteiger partial charge in [0.05, 0.1) is 12.9 Å². The van der Waals surface area contributed by atoms with Crippen molar-refractivity contribution >= 4 is 34.6 Å². The summed E-state index contributed by atoms with van der Waals surface area (Å²) in [5.41, 5.74) is -1.02. The first-order chi connectivity index (χ1) is 13.1. The van der Waals surface area contributed by atoms with E-state index in [1.165, 1.54) is 17.9 Å². The molecule has 0 aliphatic rings. The van der Waals surface area contributed by atoms with Gasteiger partial charge in [-0.05, 0) is 6.42 Å². The van der Waals surface area contributed by atoms with E-state index in [0.29, 0.717) is 0 Å². The number of phosphoric acid groups is 3. The Bertz CT molecular complexity index is 1180. The molecule has 0 saturated heterocycles. The number of hydrogen-bond acceptors (Lipinski definition) is 9. The predicted octanol–water partition coefficient (Wildman–Crippen LogP) is -0.833. The summed E-state index contributed by atoms with van der Waals surface area (Å²) in [6.45, 7) is -0.870. The normalized spacial score (nSPS) is 16.6. The summed E-state index contributed by atoms with van der Waals surface area (Å²) < 4.78 is 48.3. The monoisotopic (exact) mass is 478 g/mol. The standard InChI is InChI=1S/C10H17N4O12P3/c1-12-6-11-8-7(12)9(15)14(10(16)13(8)2)4-3-5-24-28(20,21)26-29(22,23)25-27(17,18)19/h6H,3-5H2,1-2H3,(H,20,21)(H,22,23)(H2,17,18,19). The van der Waals surface area contributed by atoms with Gasteiger partial charge >= 0.3 is 29.2 Å². The highest BCUT2D eigenvalue weighted by Gasteiger charge is 2.40. The highest BCUT2D eigenvalue weighted by Crippen LogP contribution is 2.66. The fraction of sp³-hybridized carbons (Fsp3) is 0.500. The zero-order valence-corrected chi connectivity index (χ0v) is 17.6. The van der Waals surface area contributed by atoms with Gasteiger partial charge in [0.15, 0.2) is 11.2 Å². The topological polar surface area (TPSA) is 222 Å². The van der Waals surface area contributed by atoms with Crippen molar-refractivity contribution in [3.8, 4) is 0 Å². The van der Waals surface area contributed by atoms with Crippen LogP contribution in [0.25, 0.3) is 11.2 Å². The Hall–Kier alpha value is -1.44. The zero-order chi connectivity index (χ0) is 22.2. The number of nitrogens with zero attached hydrogens (tertiary/aromatic N) is 4. The SMILES string of the molecule is Cn1cnc2c1c(=O)n(CCCOP(=O)(O)OP(=O)(O)OP(=O)(O)O)c(=O)n2C. The number of fused-ring (bicyclic) bond motifs is 1. The van der Waals surface area contributed by atoms with E-state index in [1.807, 2.05) is 0 Å². The van der Waals surface area contributed by atoms with E-state index < -0.39 is 41.3 Å². The summed E-state index contributed by atoms with van der Waals surface area (Å²) >= 11 is 0. The molecule has 2 atom stereocenters. The first-order valence-electron chi connectivity index (χ1n) is 7.53. The van der Waals surface area contributed by atoms with E-state index in [9.17, 15) is 28.2 Å². The van der Waals surface area contributed by atoms with Crippen LogP contribution in [0.5, 0.6) is 0 Å². The fourth-order valence-electron chi connectivity index (χ4n) is 2.30. The molecule has 0 saturated carbocycles. The number of imidazole rings is 1. The largest absolute Gasteiger partial charge is 0.490 e. The van der Waals surface area contributed by atoms with Crippen molar-refractivity contribution in [2.24, 2.45) is 14.1 Å². The van der Waals surface area contributed by atoms with E-state index in [4.69, 9.17) is 14.7 Å². The van der Waals surface area contributed by atoms with Gasteiger partial charge in [-0.15, -0.1) is 0 Å². The number of hydrogen-bond donors (Lipinski definition) is 4. The van der Waals surface area contributed by atoms with Crippen LogP contribution in [0, 0.1) is 0 Å². The second-order valence-electron chi connectivity index (χ2n) is 5.60. The zero-order valence-electron chi connectivity index (χ0n) is 14.9. The molecule has 0 aromatic carbocycles. The molecule has 2 aromatic rings. The summed E-state index contributed by atoms with van der Waals surface area (Å²) in [4.78, 5) is 63.9. The van der Waals surface area contributed by atoms with Crippen molar-refractivity contribution in [3.05, 3.63) is 27.2 Å². The summed E-state index contributed by atoms with van der Waals surface area (Å²) in [5, 5.41) is 0. The van der Waals surface area contributed by atoms with E-state index in [0.717, 1.165) is 9.13 Å². The molecule has 2 heterocycles. The van der Waals surface area contributed by atoms with Gasteiger partial charge in [-0.1, -0.05) is 0 Å². The first-order valence-corrected chi connectivity index (χ1v) is 12.0. The van der Waals surface area contributed by atoms with Gasteiger partial charge < -0.3 is 24.1 Å². The molecule has 164 valence electrons. The average Bonchev–Trinajstić information content (AvgIpc) is 2.90. The maximum Gasteiger partial charge on any atom is 0.490 e. The van der Waals surface area contributed by atoms with Gasteiger partial charge in [0.2, 0.25) is 0 Å². The van der Waals surface area contributed by atoms with Crippen LogP contribution < -0.4 is 11.2 Å². The molecule has 0 fully saturated rings.